The SMILES string of the molecule is N#C[B-]C#N.N#C[B-]C#N.[Zn+2]. The second-order valence-electron chi connectivity index (χ2n) is 0.805. The summed E-state index contributed by atoms with van der Waals surface area (Å²) in [5.74, 6) is 6.12. The molecule has 0 fully saturated rings. The van der Waals surface area contributed by atoms with E-state index in [0.29, 0.717) is 0 Å². The van der Waals surface area contributed by atoms with Gasteiger partial charge in [-0.15, -0.1) is 0 Å². The fourth-order valence-electron chi connectivity index (χ4n) is 0.0577. The van der Waals surface area contributed by atoms with Gasteiger partial charge in [-0.2, -0.15) is 0 Å². The fraction of sp³-hybridized carbons (Fsp3) is 0. The number of hydrogen-bond acceptors (Lipinski definition) is 4. The number of hydrogen-bond donors (Lipinski definition) is 0. The fourth-order valence-corrected chi connectivity index (χ4v) is 0.0577. The van der Waals surface area contributed by atoms with Gasteiger partial charge in [0.05, 0.1) is 0 Å². The Morgan fingerprint density at radius 3 is 0.818 bits per heavy atom. The first kappa shape index (κ1) is 16.4. The van der Waals surface area contributed by atoms with Gasteiger partial charge in [0.2, 0.25) is 0 Å². The first-order valence-electron chi connectivity index (χ1n) is 2.05. The van der Waals surface area contributed by atoms with Gasteiger partial charge in [-0.05, 0) is 0 Å². The summed E-state index contributed by atoms with van der Waals surface area (Å²) in [5.41, 5.74) is 0. The van der Waals surface area contributed by atoms with Gasteiger partial charge in [0.15, 0.2) is 0 Å². The Kier molecular flexibility index (Phi) is 34.7. The van der Waals surface area contributed by atoms with Crippen LogP contribution in [0.1, 0.15) is 0 Å². The van der Waals surface area contributed by atoms with Gasteiger partial charge in [-0.1, -0.05) is 14.6 Å². The molecule has 0 aliphatic heterocycles. The van der Waals surface area contributed by atoms with Crippen molar-refractivity contribution in [3.63, 3.8) is 0 Å². The van der Waals surface area contributed by atoms with Gasteiger partial charge in [-0.3, -0.25) is 21.0 Å². The molecule has 4 radical (unpaired) electrons. The molecule has 0 aliphatic carbocycles. The Morgan fingerprint density at radius 1 is 0.636 bits per heavy atom. The predicted octanol–water partition coefficient (Wildman–Crippen LogP) is -0.697. The van der Waals surface area contributed by atoms with Crippen LogP contribution in [0.25, 0.3) is 0 Å². The standard InChI is InChI=1S/2C2BN2.Zn/c2*4-1-3-2-5;/q2*-1;+2. The predicted molar refractivity (Wildman–Crippen MR) is 34.0 cm³/mol. The molecule has 0 unspecified atom stereocenters. The van der Waals surface area contributed by atoms with Crippen molar-refractivity contribution >= 4 is 14.6 Å². The molecule has 0 aromatic carbocycles. The zero-order valence-corrected chi connectivity index (χ0v) is 8.62. The minimum Gasteiger partial charge on any atom is -0.255 e. The van der Waals surface area contributed by atoms with E-state index in [0.717, 1.165) is 14.6 Å². The second-order valence-corrected chi connectivity index (χ2v) is 0.805. The summed E-state index contributed by atoms with van der Waals surface area (Å²) in [6.07, 6.45) is 0. The van der Waals surface area contributed by atoms with Crippen LogP contribution in [0, 0.1) is 44.9 Å². The minimum absolute atomic E-state index is 0. The van der Waals surface area contributed by atoms with E-state index in [2.05, 4.69) is 0 Å². The van der Waals surface area contributed by atoms with Gasteiger partial charge < -0.3 is 0 Å². The van der Waals surface area contributed by atoms with Crippen molar-refractivity contribution in [2.45, 2.75) is 0 Å². The molecule has 0 N–H and O–H groups in total. The third-order valence-electron chi connectivity index (χ3n) is 0.258. The maximum atomic E-state index is 7.54. The van der Waals surface area contributed by atoms with E-state index in [1.54, 1.807) is 0 Å². The van der Waals surface area contributed by atoms with Crippen molar-refractivity contribution in [1.82, 2.24) is 0 Å². The van der Waals surface area contributed by atoms with Gasteiger partial charge in [0.25, 0.3) is 0 Å². The Hall–Kier alpha value is -1.29. The summed E-state index contributed by atoms with van der Waals surface area (Å²) in [7, 11) is 1.72. The van der Waals surface area contributed by atoms with Crippen LogP contribution in [-0.4, -0.2) is 14.6 Å². The van der Waals surface area contributed by atoms with Gasteiger partial charge in [0.1, 0.15) is 0 Å². The number of nitrogens with zero attached hydrogens (tertiary/aromatic N) is 4. The molecule has 4 nitrogen and oxygen atoms in total. The van der Waals surface area contributed by atoms with Crippen LogP contribution >= 0.6 is 0 Å². The molecular formula is C4B2N4Zn. The van der Waals surface area contributed by atoms with Crippen LogP contribution in [0.15, 0.2) is 0 Å². The maximum absolute atomic E-state index is 7.54. The monoisotopic (exact) mass is 190 g/mol. The van der Waals surface area contributed by atoms with Gasteiger partial charge >= 0.3 is 19.5 Å². The molecule has 44 valence electrons. The summed E-state index contributed by atoms with van der Waals surface area (Å²) in [4.78, 5) is 0. The van der Waals surface area contributed by atoms with Crippen molar-refractivity contribution in [3.8, 4) is 23.9 Å². The van der Waals surface area contributed by atoms with Gasteiger partial charge in [-0.25, -0.2) is 23.9 Å². The third-order valence-corrected chi connectivity index (χ3v) is 0.258. The number of rotatable bonds is 0. The third kappa shape index (κ3) is 53.3. The van der Waals surface area contributed by atoms with E-state index in [9.17, 15) is 0 Å². The van der Waals surface area contributed by atoms with E-state index < -0.39 is 0 Å². The summed E-state index contributed by atoms with van der Waals surface area (Å²) in [6.45, 7) is 0. The van der Waals surface area contributed by atoms with E-state index >= 15 is 0 Å². The smallest absolute Gasteiger partial charge is 0.255 e. The molecule has 0 rings (SSSR count). The molecule has 0 bridgehead atoms. The van der Waals surface area contributed by atoms with Crippen molar-refractivity contribution in [2.75, 3.05) is 0 Å². The molecule has 0 aromatic rings. The van der Waals surface area contributed by atoms with Crippen LogP contribution in [0.2, 0.25) is 0 Å². The number of nitriles is 4. The molecule has 0 aromatic heterocycles. The first-order chi connectivity index (χ1) is 4.83. The normalized spacial score (nSPS) is 4.00. The molecule has 0 amide bonds. The summed E-state index contributed by atoms with van der Waals surface area (Å²) >= 11 is 0. The van der Waals surface area contributed by atoms with Crippen LogP contribution < -0.4 is 0 Å². The van der Waals surface area contributed by atoms with E-state index in [-0.39, 0.29) is 19.5 Å². The van der Waals surface area contributed by atoms with Crippen molar-refractivity contribution < 1.29 is 19.5 Å². The van der Waals surface area contributed by atoms with E-state index in [4.69, 9.17) is 21.0 Å². The Labute approximate surface area is 79.3 Å². The molecular weight excluding hydrogens is 191 g/mol. The molecule has 0 aliphatic rings. The van der Waals surface area contributed by atoms with Crippen LogP contribution in [0.4, 0.5) is 0 Å². The largest absolute Gasteiger partial charge is 2.00 e. The molecule has 0 saturated carbocycles. The molecule has 0 atom stereocenters. The van der Waals surface area contributed by atoms with E-state index in [1.807, 2.05) is 0 Å². The van der Waals surface area contributed by atoms with Crippen molar-refractivity contribution in [3.05, 3.63) is 0 Å². The molecule has 7 heteroatoms. The summed E-state index contributed by atoms with van der Waals surface area (Å²) in [5, 5.41) is 30.2. The quantitative estimate of drug-likeness (QED) is 0.473. The Bertz CT molecular complexity index is 176. The summed E-state index contributed by atoms with van der Waals surface area (Å²) in [6, 6.07) is 0. The second kappa shape index (κ2) is 23.3. The Morgan fingerprint density at radius 2 is 0.818 bits per heavy atom. The van der Waals surface area contributed by atoms with Crippen molar-refractivity contribution in [2.24, 2.45) is 0 Å². The summed E-state index contributed by atoms with van der Waals surface area (Å²) < 4.78 is 0. The van der Waals surface area contributed by atoms with Crippen LogP contribution in [0.5, 0.6) is 0 Å². The minimum atomic E-state index is 0. The average Bonchev–Trinajstić information content (AvgIpc) is 1.93. The molecule has 0 heterocycles. The molecule has 0 saturated heterocycles. The zero-order chi connectivity index (χ0) is 8.24. The average molecular weight is 191 g/mol. The Balaban J connectivity index is -0.000000107. The maximum Gasteiger partial charge on any atom is 2.00 e. The molecule has 11 heavy (non-hydrogen) atoms. The van der Waals surface area contributed by atoms with Gasteiger partial charge in [0, 0.05) is 0 Å². The molecule has 0 spiro atoms. The van der Waals surface area contributed by atoms with E-state index in [1.165, 1.54) is 23.9 Å². The van der Waals surface area contributed by atoms with Crippen LogP contribution in [-0.2, 0) is 19.5 Å². The first-order valence-corrected chi connectivity index (χ1v) is 2.05. The van der Waals surface area contributed by atoms with Crippen molar-refractivity contribution in [1.29, 1.82) is 21.0 Å². The van der Waals surface area contributed by atoms with Crippen LogP contribution in [0.3, 0.4) is 0 Å². The zero-order valence-electron chi connectivity index (χ0n) is 5.65. The topological polar surface area (TPSA) is 95.2 Å².